The Balaban J connectivity index is 2.35. The number of rotatable bonds is 3. The number of hydrogen-bond acceptors (Lipinski definition) is 2. The minimum absolute atomic E-state index is 0.331. The van der Waals surface area contributed by atoms with Crippen molar-refractivity contribution in [2.75, 3.05) is 0 Å². The Bertz CT molecular complexity index is 517. The number of aromatic nitrogens is 2. The highest BCUT2D eigenvalue weighted by atomic mass is 16.4. The molecule has 0 radical (unpaired) electrons. The molecule has 0 bridgehead atoms. The molecule has 0 aliphatic carbocycles. The van der Waals surface area contributed by atoms with Gasteiger partial charge in [-0.2, -0.15) is 5.10 Å². The number of benzene rings is 1. The van der Waals surface area contributed by atoms with E-state index in [0.717, 1.165) is 11.3 Å². The lowest BCUT2D eigenvalue weighted by atomic mass is 10.1. The van der Waals surface area contributed by atoms with Crippen LogP contribution >= 0.6 is 0 Å². The molecule has 4 heteroatoms. The zero-order valence-electron chi connectivity index (χ0n) is 8.92. The third-order valence-electron chi connectivity index (χ3n) is 2.50. The van der Waals surface area contributed by atoms with Gasteiger partial charge in [0.05, 0.1) is 12.1 Å². The van der Waals surface area contributed by atoms with Gasteiger partial charge in [-0.15, -0.1) is 0 Å². The van der Waals surface area contributed by atoms with E-state index in [1.54, 1.807) is 23.0 Å². The first-order valence-electron chi connectivity index (χ1n) is 4.98. The van der Waals surface area contributed by atoms with E-state index in [9.17, 15) is 4.79 Å². The molecule has 0 fully saturated rings. The maximum atomic E-state index is 11.0. The molecule has 4 nitrogen and oxygen atoms in total. The first-order chi connectivity index (χ1) is 7.68. The standard InChI is InChI=1S/C12H12N2O2/c1-9-6-7-13-14(9)8-10-4-2-3-5-11(10)12(15)16/h2-7H,8H2,1H3,(H,15,16). The Hall–Kier alpha value is -2.10. The number of nitrogens with zero attached hydrogens (tertiary/aromatic N) is 2. The van der Waals surface area contributed by atoms with E-state index >= 15 is 0 Å². The van der Waals surface area contributed by atoms with Gasteiger partial charge in [0.25, 0.3) is 0 Å². The zero-order valence-corrected chi connectivity index (χ0v) is 8.92. The van der Waals surface area contributed by atoms with E-state index in [2.05, 4.69) is 5.10 Å². The minimum atomic E-state index is -0.902. The largest absolute Gasteiger partial charge is 0.478 e. The number of carbonyl (C=O) groups is 1. The number of hydrogen-bond donors (Lipinski definition) is 1. The molecular weight excluding hydrogens is 204 g/mol. The Morgan fingerprint density at radius 2 is 2.12 bits per heavy atom. The topological polar surface area (TPSA) is 55.1 Å². The molecule has 0 unspecified atom stereocenters. The molecule has 1 aromatic heterocycles. The second kappa shape index (κ2) is 4.18. The van der Waals surface area contributed by atoms with Gasteiger partial charge in [-0.05, 0) is 24.6 Å². The van der Waals surface area contributed by atoms with Crippen molar-refractivity contribution < 1.29 is 9.90 Å². The smallest absolute Gasteiger partial charge is 0.336 e. The summed E-state index contributed by atoms with van der Waals surface area (Å²) >= 11 is 0. The maximum absolute atomic E-state index is 11.0. The van der Waals surface area contributed by atoms with Gasteiger partial charge in [0.2, 0.25) is 0 Å². The van der Waals surface area contributed by atoms with Gasteiger partial charge in [0, 0.05) is 11.9 Å². The number of aromatic carboxylic acids is 1. The molecule has 2 rings (SSSR count). The summed E-state index contributed by atoms with van der Waals surface area (Å²) in [4.78, 5) is 11.0. The highest BCUT2D eigenvalue weighted by molar-refractivity contribution is 5.89. The molecule has 0 aliphatic heterocycles. The van der Waals surface area contributed by atoms with Gasteiger partial charge in [0.1, 0.15) is 0 Å². The molecule has 0 spiro atoms. The van der Waals surface area contributed by atoms with Crippen molar-refractivity contribution in [3.05, 3.63) is 53.3 Å². The Morgan fingerprint density at radius 3 is 2.75 bits per heavy atom. The third kappa shape index (κ3) is 1.95. The van der Waals surface area contributed by atoms with Crippen LogP contribution < -0.4 is 0 Å². The molecule has 1 aromatic carbocycles. The summed E-state index contributed by atoms with van der Waals surface area (Å²) in [5.74, 6) is -0.902. The summed E-state index contributed by atoms with van der Waals surface area (Å²) in [6.07, 6.45) is 1.71. The number of carboxylic acids is 1. The molecule has 1 N–H and O–H groups in total. The summed E-state index contributed by atoms with van der Waals surface area (Å²) in [7, 11) is 0. The van der Waals surface area contributed by atoms with Gasteiger partial charge >= 0.3 is 5.97 Å². The molecule has 0 saturated heterocycles. The second-order valence-electron chi connectivity index (χ2n) is 3.59. The lowest BCUT2D eigenvalue weighted by molar-refractivity contribution is 0.0695. The van der Waals surface area contributed by atoms with Crippen molar-refractivity contribution in [3.63, 3.8) is 0 Å². The predicted octanol–water partition coefficient (Wildman–Crippen LogP) is 1.94. The fraction of sp³-hybridized carbons (Fsp3) is 0.167. The van der Waals surface area contributed by atoms with Gasteiger partial charge in [-0.25, -0.2) is 4.79 Å². The average molecular weight is 216 g/mol. The van der Waals surface area contributed by atoms with E-state index in [0.29, 0.717) is 12.1 Å². The van der Waals surface area contributed by atoms with Crippen molar-refractivity contribution >= 4 is 5.97 Å². The monoisotopic (exact) mass is 216 g/mol. The van der Waals surface area contributed by atoms with Crippen molar-refractivity contribution in [3.8, 4) is 0 Å². The molecule has 1 heterocycles. The van der Waals surface area contributed by atoms with E-state index in [-0.39, 0.29) is 0 Å². The van der Waals surface area contributed by atoms with Crippen molar-refractivity contribution in [2.45, 2.75) is 13.5 Å². The van der Waals surface area contributed by atoms with E-state index in [4.69, 9.17) is 5.11 Å². The molecule has 0 amide bonds. The Kier molecular flexibility index (Phi) is 2.72. The lowest BCUT2D eigenvalue weighted by Crippen LogP contribution is -2.09. The van der Waals surface area contributed by atoms with Gasteiger partial charge in [0.15, 0.2) is 0 Å². The van der Waals surface area contributed by atoms with Gasteiger partial charge < -0.3 is 5.11 Å². The SMILES string of the molecule is Cc1ccnn1Cc1ccccc1C(=O)O. The molecule has 0 atom stereocenters. The minimum Gasteiger partial charge on any atom is -0.478 e. The maximum Gasteiger partial charge on any atom is 0.336 e. The average Bonchev–Trinajstić information content (AvgIpc) is 2.65. The van der Waals surface area contributed by atoms with Crippen LogP contribution in [0.25, 0.3) is 0 Å². The Labute approximate surface area is 93.1 Å². The van der Waals surface area contributed by atoms with Crippen molar-refractivity contribution in [1.82, 2.24) is 9.78 Å². The molecule has 0 aliphatic rings. The van der Waals surface area contributed by atoms with Crippen molar-refractivity contribution in [1.29, 1.82) is 0 Å². The zero-order chi connectivity index (χ0) is 11.5. The highest BCUT2D eigenvalue weighted by Gasteiger charge is 2.09. The molecule has 82 valence electrons. The van der Waals surface area contributed by atoms with Crippen LogP contribution in [0, 0.1) is 6.92 Å². The second-order valence-corrected chi connectivity index (χ2v) is 3.59. The third-order valence-corrected chi connectivity index (χ3v) is 2.50. The summed E-state index contributed by atoms with van der Waals surface area (Å²) in [5.41, 5.74) is 2.11. The van der Waals surface area contributed by atoms with Crippen LogP contribution in [0.2, 0.25) is 0 Å². The van der Waals surface area contributed by atoms with Crippen LogP contribution in [-0.4, -0.2) is 20.9 Å². The summed E-state index contributed by atoms with van der Waals surface area (Å²) in [5, 5.41) is 13.2. The highest BCUT2D eigenvalue weighted by Crippen LogP contribution is 2.11. The Morgan fingerprint density at radius 1 is 1.38 bits per heavy atom. The number of carboxylic acid groups (broad SMARTS) is 1. The van der Waals surface area contributed by atoms with Crippen LogP contribution in [0.1, 0.15) is 21.6 Å². The van der Waals surface area contributed by atoms with E-state index in [1.165, 1.54) is 0 Å². The van der Waals surface area contributed by atoms with Crippen LogP contribution in [-0.2, 0) is 6.54 Å². The fourth-order valence-corrected chi connectivity index (χ4v) is 1.59. The fourth-order valence-electron chi connectivity index (χ4n) is 1.59. The summed E-state index contributed by atoms with van der Waals surface area (Å²) < 4.78 is 1.78. The molecule has 2 aromatic rings. The normalized spacial score (nSPS) is 10.3. The van der Waals surface area contributed by atoms with E-state index in [1.807, 2.05) is 25.1 Å². The predicted molar refractivity (Wildman–Crippen MR) is 59.5 cm³/mol. The number of aryl methyl sites for hydroxylation is 1. The van der Waals surface area contributed by atoms with Crippen molar-refractivity contribution in [2.24, 2.45) is 0 Å². The first kappa shape index (κ1) is 10.4. The summed E-state index contributed by atoms with van der Waals surface area (Å²) in [6.45, 7) is 2.43. The quantitative estimate of drug-likeness (QED) is 0.853. The van der Waals surface area contributed by atoms with Crippen LogP contribution in [0.5, 0.6) is 0 Å². The lowest BCUT2D eigenvalue weighted by Gasteiger charge is -2.07. The van der Waals surface area contributed by atoms with Crippen LogP contribution in [0.3, 0.4) is 0 Å². The van der Waals surface area contributed by atoms with Crippen LogP contribution in [0.4, 0.5) is 0 Å². The molecule has 16 heavy (non-hydrogen) atoms. The molecule has 0 saturated carbocycles. The van der Waals surface area contributed by atoms with Gasteiger partial charge in [-0.1, -0.05) is 18.2 Å². The van der Waals surface area contributed by atoms with E-state index < -0.39 is 5.97 Å². The first-order valence-corrected chi connectivity index (χ1v) is 4.98. The van der Waals surface area contributed by atoms with Gasteiger partial charge in [-0.3, -0.25) is 4.68 Å². The molecular formula is C12H12N2O2. The van der Waals surface area contributed by atoms with Crippen LogP contribution in [0.15, 0.2) is 36.5 Å². The summed E-state index contributed by atoms with van der Waals surface area (Å²) in [6, 6.07) is 8.87.